The van der Waals surface area contributed by atoms with Gasteiger partial charge in [0.15, 0.2) is 11.3 Å². The molecule has 9 heteroatoms. The summed E-state index contributed by atoms with van der Waals surface area (Å²) in [7, 11) is 1.14. The first kappa shape index (κ1) is 17.6. The summed E-state index contributed by atoms with van der Waals surface area (Å²) >= 11 is 5.95. The van der Waals surface area contributed by atoms with Crippen LogP contribution in [0.1, 0.15) is 5.56 Å². The molecule has 2 aromatic heterocycles. The van der Waals surface area contributed by atoms with Gasteiger partial charge >= 0.3 is 6.09 Å². The maximum absolute atomic E-state index is 12.7. The van der Waals surface area contributed by atoms with E-state index in [1.165, 1.54) is 27.6 Å². The van der Waals surface area contributed by atoms with Crippen LogP contribution in [-0.2, 0) is 11.3 Å². The first-order valence-electron chi connectivity index (χ1n) is 7.47. The largest absolute Gasteiger partial charge is 0.502 e. The second-order valence-corrected chi connectivity index (χ2v) is 5.89. The molecule has 2 heterocycles. The fourth-order valence-electron chi connectivity index (χ4n) is 2.51. The molecule has 0 aliphatic carbocycles. The molecule has 8 nitrogen and oxygen atoms in total. The maximum atomic E-state index is 12.7. The van der Waals surface area contributed by atoms with Gasteiger partial charge in [0.1, 0.15) is 5.69 Å². The minimum atomic E-state index is -0.881. The zero-order chi connectivity index (χ0) is 18.8. The van der Waals surface area contributed by atoms with Crippen LogP contribution in [0.25, 0.3) is 5.52 Å². The zero-order valence-electron chi connectivity index (χ0n) is 13.6. The Morgan fingerprint density at radius 3 is 2.77 bits per heavy atom. The summed E-state index contributed by atoms with van der Waals surface area (Å²) in [6.45, 7) is 0.214. The van der Waals surface area contributed by atoms with Gasteiger partial charge in [-0.05, 0) is 17.7 Å². The molecule has 0 spiro atoms. The molecular weight excluding hydrogens is 362 g/mol. The van der Waals surface area contributed by atoms with E-state index in [9.17, 15) is 19.5 Å². The van der Waals surface area contributed by atoms with E-state index in [1.807, 2.05) is 0 Å². The number of halogens is 1. The number of anilines is 1. The van der Waals surface area contributed by atoms with Gasteiger partial charge in [0.25, 0.3) is 5.56 Å². The van der Waals surface area contributed by atoms with Crippen molar-refractivity contribution in [2.75, 3.05) is 12.4 Å². The van der Waals surface area contributed by atoms with Crippen molar-refractivity contribution < 1.29 is 14.6 Å². The Labute approximate surface area is 151 Å². The first-order valence-corrected chi connectivity index (χ1v) is 7.85. The lowest BCUT2D eigenvalue weighted by Gasteiger charge is -2.11. The molecular formula is C17H14ClN3O5. The number of aromatic hydroxyl groups is 1. The number of carbonyl (C=O) groups excluding carboxylic acids is 1. The second kappa shape index (κ2) is 6.93. The Kier molecular flexibility index (Phi) is 4.68. The smallest absolute Gasteiger partial charge is 0.411 e. The van der Waals surface area contributed by atoms with Crippen molar-refractivity contribution in [3.8, 4) is 5.75 Å². The minimum absolute atomic E-state index is 0.199. The van der Waals surface area contributed by atoms with Crippen LogP contribution in [0.2, 0.25) is 5.02 Å². The van der Waals surface area contributed by atoms with Gasteiger partial charge < -0.3 is 18.8 Å². The number of nitrogens with zero attached hydrogens (tertiary/aromatic N) is 2. The second-order valence-electron chi connectivity index (χ2n) is 5.45. The van der Waals surface area contributed by atoms with Crippen LogP contribution in [-0.4, -0.2) is 27.3 Å². The van der Waals surface area contributed by atoms with Gasteiger partial charge in [0.05, 0.1) is 13.7 Å². The van der Waals surface area contributed by atoms with E-state index >= 15 is 0 Å². The van der Waals surface area contributed by atoms with Crippen LogP contribution in [0, 0.1) is 0 Å². The molecule has 134 valence electrons. The molecule has 26 heavy (non-hydrogen) atoms. The number of rotatable bonds is 3. The third-order valence-corrected chi connectivity index (χ3v) is 3.98. The quantitative estimate of drug-likeness (QED) is 0.729. The average molecular weight is 376 g/mol. The van der Waals surface area contributed by atoms with E-state index in [2.05, 4.69) is 10.1 Å². The lowest BCUT2D eigenvalue weighted by molar-refractivity contribution is 0.187. The Bertz CT molecular complexity index is 1120. The van der Waals surface area contributed by atoms with E-state index in [1.54, 1.807) is 24.3 Å². The van der Waals surface area contributed by atoms with Gasteiger partial charge in [-0.25, -0.2) is 4.79 Å². The first-order chi connectivity index (χ1) is 12.4. The summed E-state index contributed by atoms with van der Waals surface area (Å²) in [5.74, 6) is -0.760. The predicted molar refractivity (Wildman–Crippen MR) is 96.2 cm³/mol. The molecule has 0 aliphatic rings. The third kappa shape index (κ3) is 3.27. The van der Waals surface area contributed by atoms with Crippen molar-refractivity contribution in [3.63, 3.8) is 0 Å². The molecule has 0 atom stereocenters. The molecule has 0 saturated heterocycles. The van der Waals surface area contributed by atoms with Crippen LogP contribution in [0.15, 0.2) is 52.4 Å². The SMILES string of the molecule is COC(=O)Nc1cn2ccn(Cc3cccc(Cl)c3)c(=O)c2c(O)c1=O. The molecule has 3 rings (SSSR count). The maximum Gasteiger partial charge on any atom is 0.411 e. The number of hydrogen-bond donors (Lipinski definition) is 2. The van der Waals surface area contributed by atoms with Crippen LogP contribution in [0.4, 0.5) is 10.5 Å². The summed E-state index contributed by atoms with van der Waals surface area (Å²) in [6, 6.07) is 7.00. The lowest BCUT2D eigenvalue weighted by Crippen LogP contribution is -2.26. The molecule has 0 fully saturated rings. The molecule has 0 aliphatic heterocycles. The number of hydrogen-bond acceptors (Lipinski definition) is 5. The summed E-state index contributed by atoms with van der Waals surface area (Å²) in [6.07, 6.45) is 3.36. The van der Waals surface area contributed by atoms with Crippen LogP contribution >= 0.6 is 11.6 Å². The molecule has 2 N–H and O–H groups in total. The Morgan fingerprint density at radius 1 is 1.31 bits per heavy atom. The Hall–Kier alpha value is -3.26. The zero-order valence-corrected chi connectivity index (χ0v) is 14.4. The number of nitrogens with one attached hydrogen (secondary N) is 1. The normalized spacial score (nSPS) is 10.7. The van der Waals surface area contributed by atoms with Crippen LogP contribution in [0.3, 0.4) is 0 Å². The Morgan fingerprint density at radius 2 is 2.08 bits per heavy atom. The van der Waals surface area contributed by atoms with Gasteiger partial charge in [-0.1, -0.05) is 23.7 Å². The lowest BCUT2D eigenvalue weighted by atomic mass is 10.2. The molecule has 0 unspecified atom stereocenters. The van der Waals surface area contributed by atoms with Crippen molar-refractivity contribution in [3.05, 3.63) is 74.0 Å². The average Bonchev–Trinajstić information content (AvgIpc) is 2.61. The Balaban J connectivity index is 2.10. The number of fused-ring (bicyclic) bond motifs is 1. The number of carbonyl (C=O) groups is 1. The molecule has 0 saturated carbocycles. The van der Waals surface area contributed by atoms with Gasteiger partial charge in [-0.2, -0.15) is 0 Å². The van der Waals surface area contributed by atoms with Crippen LogP contribution < -0.4 is 16.3 Å². The molecule has 3 aromatic rings. The van der Waals surface area contributed by atoms with Crippen molar-refractivity contribution >= 4 is 28.9 Å². The van der Waals surface area contributed by atoms with Crippen molar-refractivity contribution in [1.29, 1.82) is 0 Å². The third-order valence-electron chi connectivity index (χ3n) is 3.75. The fourth-order valence-corrected chi connectivity index (χ4v) is 2.72. The number of benzene rings is 1. The van der Waals surface area contributed by atoms with E-state index < -0.39 is 22.8 Å². The van der Waals surface area contributed by atoms with Crippen molar-refractivity contribution in [2.45, 2.75) is 6.54 Å². The molecule has 1 aromatic carbocycles. The summed E-state index contributed by atoms with van der Waals surface area (Å²) < 4.78 is 7.03. The number of ether oxygens (including phenoxy) is 1. The van der Waals surface area contributed by atoms with Gasteiger partial charge in [-0.15, -0.1) is 0 Å². The van der Waals surface area contributed by atoms with Gasteiger partial charge in [-0.3, -0.25) is 14.9 Å². The molecule has 0 bridgehead atoms. The number of pyridine rings is 1. The highest BCUT2D eigenvalue weighted by Crippen LogP contribution is 2.15. The van der Waals surface area contributed by atoms with E-state index in [4.69, 9.17) is 11.6 Å². The standard InChI is InChI=1S/C17H14ClN3O5/c1-26-17(25)19-12-9-20-5-6-21(8-10-3-2-4-11(18)7-10)16(24)13(20)15(23)14(12)22/h2-7,9,23H,8H2,1H3,(H,19,25). The highest BCUT2D eigenvalue weighted by molar-refractivity contribution is 6.30. The molecule has 1 amide bonds. The fraction of sp³-hybridized carbons (Fsp3) is 0.118. The monoisotopic (exact) mass is 375 g/mol. The van der Waals surface area contributed by atoms with Gasteiger partial charge in [0.2, 0.25) is 5.43 Å². The number of aromatic nitrogens is 2. The summed E-state index contributed by atoms with van der Waals surface area (Å²) in [5.41, 5.74) is -1.07. The van der Waals surface area contributed by atoms with E-state index in [0.29, 0.717) is 5.02 Å². The van der Waals surface area contributed by atoms with Crippen molar-refractivity contribution in [1.82, 2.24) is 8.97 Å². The van der Waals surface area contributed by atoms with E-state index in [0.717, 1.165) is 12.7 Å². The predicted octanol–water partition coefficient (Wildman–Crippen LogP) is 2.05. The minimum Gasteiger partial charge on any atom is -0.502 e. The summed E-state index contributed by atoms with van der Waals surface area (Å²) in [5, 5.41) is 12.9. The number of amides is 1. The number of methoxy groups -OCH3 is 1. The van der Waals surface area contributed by atoms with Crippen molar-refractivity contribution in [2.24, 2.45) is 0 Å². The van der Waals surface area contributed by atoms with E-state index in [-0.39, 0.29) is 17.7 Å². The molecule has 0 radical (unpaired) electrons. The topological polar surface area (TPSA) is 102 Å². The highest BCUT2D eigenvalue weighted by Gasteiger charge is 2.16. The summed E-state index contributed by atoms with van der Waals surface area (Å²) in [4.78, 5) is 36.2. The highest BCUT2D eigenvalue weighted by atomic mass is 35.5. The van der Waals surface area contributed by atoms with Crippen LogP contribution in [0.5, 0.6) is 5.75 Å². The van der Waals surface area contributed by atoms with Gasteiger partial charge in [0, 0.05) is 23.6 Å².